The minimum absolute atomic E-state index is 0.325. The first kappa shape index (κ1) is 15.3. The van der Waals surface area contributed by atoms with Crippen molar-refractivity contribution in [1.29, 1.82) is 0 Å². The molecule has 1 unspecified atom stereocenters. The molecule has 1 rings (SSSR count). The second-order valence-electron chi connectivity index (χ2n) is 3.77. The first-order valence-corrected chi connectivity index (χ1v) is 6.71. The Kier molecular flexibility index (Phi) is 6.47. The van der Waals surface area contributed by atoms with Crippen molar-refractivity contribution in [2.24, 2.45) is 0 Å². The molecule has 0 aliphatic carbocycles. The third-order valence-electron chi connectivity index (χ3n) is 2.41. The molecule has 1 aromatic rings. The molecule has 1 aromatic carbocycles. The Hall–Kier alpha value is -0.770. The van der Waals surface area contributed by atoms with Gasteiger partial charge in [0.25, 0.3) is 0 Å². The molecule has 0 heterocycles. The van der Waals surface area contributed by atoms with Crippen molar-refractivity contribution < 1.29 is 9.53 Å². The van der Waals surface area contributed by atoms with Gasteiger partial charge in [-0.3, -0.25) is 0 Å². The minimum atomic E-state index is -0.619. The van der Waals surface area contributed by atoms with Crippen molar-refractivity contribution in [2.45, 2.75) is 26.3 Å². The fourth-order valence-electron chi connectivity index (χ4n) is 1.60. The van der Waals surface area contributed by atoms with E-state index in [2.05, 4.69) is 5.32 Å². The van der Waals surface area contributed by atoms with Crippen LogP contribution >= 0.6 is 23.2 Å². The molecule has 3 nitrogen and oxygen atoms in total. The second kappa shape index (κ2) is 7.62. The summed E-state index contributed by atoms with van der Waals surface area (Å²) in [6.45, 7) is 4.79. The van der Waals surface area contributed by atoms with Gasteiger partial charge in [-0.15, -0.1) is 0 Å². The van der Waals surface area contributed by atoms with Crippen LogP contribution in [0.3, 0.4) is 0 Å². The van der Waals surface area contributed by atoms with Gasteiger partial charge < -0.3 is 10.1 Å². The predicted octanol–water partition coefficient (Wildman–Crippen LogP) is 3.60. The summed E-state index contributed by atoms with van der Waals surface area (Å²) in [6, 6.07) is 4.55. The number of rotatable bonds is 6. The van der Waals surface area contributed by atoms with E-state index in [1.54, 1.807) is 25.1 Å². The van der Waals surface area contributed by atoms with E-state index in [0.717, 1.165) is 6.42 Å². The lowest BCUT2D eigenvalue weighted by atomic mass is 10.1. The Morgan fingerprint density at radius 1 is 1.33 bits per heavy atom. The van der Waals surface area contributed by atoms with Crippen molar-refractivity contribution in [2.75, 3.05) is 13.2 Å². The molecule has 1 atom stereocenters. The molecule has 1 N–H and O–H groups in total. The first-order chi connectivity index (χ1) is 8.61. The summed E-state index contributed by atoms with van der Waals surface area (Å²) in [5, 5.41) is 4.03. The van der Waals surface area contributed by atoms with Gasteiger partial charge in [0.2, 0.25) is 0 Å². The maximum Gasteiger partial charge on any atom is 0.327 e. The van der Waals surface area contributed by atoms with Gasteiger partial charge in [-0.05, 0) is 32.0 Å². The second-order valence-corrected chi connectivity index (χ2v) is 4.59. The summed E-state index contributed by atoms with van der Waals surface area (Å²) in [5.74, 6) is -0.360. The van der Waals surface area contributed by atoms with Gasteiger partial charge >= 0.3 is 5.97 Å². The molecule has 0 radical (unpaired) electrons. The quantitative estimate of drug-likeness (QED) is 0.814. The Bertz CT molecular complexity index is 390. The van der Waals surface area contributed by atoms with Crippen LogP contribution in [0, 0.1) is 0 Å². The first-order valence-electron chi connectivity index (χ1n) is 5.95. The summed E-state index contributed by atoms with van der Waals surface area (Å²) >= 11 is 12.2. The molecule has 5 heteroatoms. The largest absolute Gasteiger partial charge is 0.465 e. The average molecular weight is 290 g/mol. The zero-order valence-electron chi connectivity index (χ0n) is 10.5. The van der Waals surface area contributed by atoms with Crippen LogP contribution in [0.15, 0.2) is 18.2 Å². The molecule has 0 bridgehead atoms. The molecule has 0 amide bonds. The van der Waals surface area contributed by atoms with Crippen LogP contribution in [0.2, 0.25) is 10.0 Å². The molecule has 0 aliphatic rings. The summed E-state index contributed by atoms with van der Waals surface area (Å²) in [7, 11) is 0. The molecule has 0 aliphatic heterocycles. The Morgan fingerprint density at radius 3 is 2.44 bits per heavy atom. The molecule has 100 valence electrons. The molecule has 0 saturated heterocycles. The van der Waals surface area contributed by atoms with Gasteiger partial charge in [0.15, 0.2) is 0 Å². The summed E-state index contributed by atoms with van der Waals surface area (Å²) in [5.41, 5.74) is 0.577. The van der Waals surface area contributed by atoms with Crippen molar-refractivity contribution in [3.05, 3.63) is 33.8 Å². The van der Waals surface area contributed by atoms with E-state index in [1.165, 1.54) is 0 Å². The van der Waals surface area contributed by atoms with E-state index in [1.807, 2.05) is 6.92 Å². The number of hydrogen-bond donors (Lipinski definition) is 1. The van der Waals surface area contributed by atoms with E-state index in [9.17, 15) is 4.79 Å². The molecular weight excluding hydrogens is 273 g/mol. The summed E-state index contributed by atoms with van der Waals surface area (Å²) < 4.78 is 5.05. The SMILES string of the molecule is CCCNC(C(=O)OCC)c1c(Cl)cccc1Cl. The van der Waals surface area contributed by atoms with E-state index in [4.69, 9.17) is 27.9 Å². The van der Waals surface area contributed by atoms with Crippen LogP contribution in [0.25, 0.3) is 0 Å². The molecular formula is C13H17Cl2NO2. The number of carbonyl (C=O) groups excluding carboxylic acids is 1. The Labute approximate surface area is 117 Å². The highest BCUT2D eigenvalue weighted by atomic mass is 35.5. The molecule has 0 aromatic heterocycles. The monoisotopic (exact) mass is 289 g/mol. The van der Waals surface area contributed by atoms with Crippen molar-refractivity contribution in [3.63, 3.8) is 0 Å². The standard InChI is InChI=1S/C13H17Cl2NO2/c1-3-8-16-12(13(17)18-4-2)11-9(14)6-5-7-10(11)15/h5-7,12,16H,3-4,8H2,1-2H3. The fourth-order valence-corrected chi connectivity index (χ4v) is 2.22. The number of carbonyl (C=O) groups is 1. The number of hydrogen-bond acceptors (Lipinski definition) is 3. The van der Waals surface area contributed by atoms with E-state index in [-0.39, 0.29) is 5.97 Å². The van der Waals surface area contributed by atoms with Crippen LogP contribution in [-0.4, -0.2) is 19.1 Å². The van der Waals surface area contributed by atoms with Gasteiger partial charge in [0, 0.05) is 15.6 Å². The van der Waals surface area contributed by atoms with Crippen LogP contribution in [0.1, 0.15) is 31.9 Å². The van der Waals surface area contributed by atoms with Gasteiger partial charge in [-0.25, -0.2) is 4.79 Å². The Morgan fingerprint density at radius 2 is 1.94 bits per heavy atom. The lowest BCUT2D eigenvalue weighted by Gasteiger charge is -2.19. The normalized spacial score (nSPS) is 12.2. The number of halogens is 2. The topological polar surface area (TPSA) is 38.3 Å². The number of ether oxygens (including phenoxy) is 1. The Balaban J connectivity index is 3.04. The van der Waals surface area contributed by atoms with Crippen LogP contribution in [-0.2, 0) is 9.53 Å². The average Bonchev–Trinajstić information content (AvgIpc) is 2.33. The van der Waals surface area contributed by atoms with Crippen LogP contribution in [0.5, 0.6) is 0 Å². The smallest absolute Gasteiger partial charge is 0.327 e. The van der Waals surface area contributed by atoms with Crippen LogP contribution < -0.4 is 5.32 Å². The number of benzene rings is 1. The van der Waals surface area contributed by atoms with E-state index < -0.39 is 6.04 Å². The van der Waals surface area contributed by atoms with Crippen LogP contribution in [0.4, 0.5) is 0 Å². The number of esters is 1. The molecule has 0 fully saturated rings. The third kappa shape index (κ3) is 3.87. The zero-order valence-corrected chi connectivity index (χ0v) is 12.0. The predicted molar refractivity (Wildman–Crippen MR) is 74.1 cm³/mol. The highest BCUT2D eigenvalue weighted by Gasteiger charge is 2.25. The third-order valence-corrected chi connectivity index (χ3v) is 3.07. The molecule has 0 saturated carbocycles. The van der Waals surface area contributed by atoms with Crippen molar-refractivity contribution in [3.8, 4) is 0 Å². The highest BCUT2D eigenvalue weighted by Crippen LogP contribution is 2.31. The summed E-state index contributed by atoms with van der Waals surface area (Å²) in [6.07, 6.45) is 0.901. The van der Waals surface area contributed by atoms with Gasteiger partial charge in [0.1, 0.15) is 6.04 Å². The maximum absolute atomic E-state index is 12.0. The lowest BCUT2D eigenvalue weighted by Crippen LogP contribution is -2.31. The van der Waals surface area contributed by atoms with E-state index in [0.29, 0.717) is 28.8 Å². The maximum atomic E-state index is 12.0. The molecule has 18 heavy (non-hydrogen) atoms. The van der Waals surface area contributed by atoms with Crippen molar-refractivity contribution >= 4 is 29.2 Å². The summed E-state index contributed by atoms with van der Waals surface area (Å²) in [4.78, 5) is 12.0. The van der Waals surface area contributed by atoms with E-state index >= 15 is 0 Å². The highest BCUT2D eigenvalue weighted by molar-refractivity contribution is 6.36. The van der Waals surface area contributed by atoms with Gasteiger partial charge in [-0.2, -0.15) is 0 Å². The minimum Gasteiger partial charge on any atom is -0.465 e. The lowest BCUT2D eigenvalue weighted by molar-refractivity contribution is -0.145. The molecule has 0 spiro atoms. The van der Waals surface area contributed by atoms with Gasteiger partial charge in [-0.1, -0.05) is 36.2 Å². The fraction of sp³-hybridized carbons (Fsp3) is 0.462. The zero-order chi connectivity index (χ0) is 13.5. The van der Waals surface area contributed by atoms with Gasteiger partial charge in [0.05, 0.1) is 6.61 Å². The number of nitrogens with one attached hydrogen (secondary N) is 1. The van der Waals surface area contributed by atoms with Crippen molar-refractivity contribution in [1.82, 2.24) is 5.32 Å².